The molecular weight excluding hydrogens is 171 g/mol. The molecule has 0 aromatic heterocycles. The minimum Gasteiger partial charge on any atom is -0.488 e. The number of rotatable bonds is 3. The summed E-state index contributed by atoms with van der Waals surface area (Å²) in [5.74, 6) is 0.282. The fourth-order valence-corrected chi connectivity index (χ4v) is 1.16. The van der Waals surface area contributed by atoms with E-state index in [4.69, 9.17) is 9.47 Å². The number of ether oxygens (including phenoxy) is 2. The van der Waals surface area contributed by atoms with E-state index in [9.17, 15) is 4.39 Å². The summed E-state index contributed by atoms with van der Waals surface area (Å²) < 4.78 is 23.2. The second-order valence-corrected chi connectivity index (χ2v) is 3.15. The monoisotopic (exact) mass is 182 g/mol. The molecule has 1 heterocycles. The van der Waals surface area contributed by atoms with Gasteiger partial charge in [0.2, 0.25) is 0 Å². The summed E-state index contributed by atoms with van der Waals surface area (Å²) in [5, 5.41) is 0. The molecule has 2 atom stereocenters. The van der Waals surface area contributed by atoms with Gasteiger partial charge in [0, 0.05) is 6.07 Å². The van der Waals surface area contributed by atoms with Gasteiger partial charge in [0.15, 0.2) is 0 Å². The highest BCUT2D eigenvalue weighted by molar-refractivity contribution is 5.22. The van der Waals surface area contributed by atoms with Crippen LogP contribution >= 0.6 is 0 Å². The van der Waals surface area contributed by atoms with E-state index in [1.807, 2.05) is 6.92 Å². The first-order chi connectivity index (χ1) is 6.25. The molecule has 70 valence electrons. The Labute approximate surface area is 76.3 Å². The predicted octanol–water partition coefficient (Wildman–Crippen LogP) is 1.99. The number of hydrogen-bond acceptors (Lipinski definition) is 2. The molecule has 0 amide bonds. The molecule has 1 fully saturated rings. The first kappa shape index (κ1) is 8.51. The topological polar surface area (TPSA) is 21.8 Å². The maximum Gasteiger partial charge on any atom is 0.126 e. The van der Waals surface area contributed by atoms with Crippen LogP contribution in [-0.2, 0) is 4.74 Å². The van der Waals surface area contributed by atoms with Gasteiger partial charge in [0.1, 0.15) is 23.8 Å². The van der Waals surface area contributed by atoms with E-state index in [1.165, 1.54) is 12.1 Å². The van der Waals surface area contributed by atoms with E-state index in [1.54, 1.807) is 12.1 Å². The van der Waals surface area contributed by atoms with Crippen LogP contribution in [-0.4, -0.2) is 18.8 Å². The van der Waals surface area contributed by atoms with Crippen molar-refractivity contribution in [1.29, 1.82) is 0 Å². The van der Waals surface area contributed by atoms with Crippen molar-refractivity contribution in [1.82, 2.24) is 0 Å². The summed E-state index contributed by atoms with van der Waals surface area (Å²) in [6.07, 6.45) is 0.185. The molecule has 1 aromatic carbocycles. The van der Waals surface area contributed by atoms with E-state index in [0.29, 0.717) is 5.75 Å². The molecule has 2 nitrogen and oxygen atoms in total. The summed E-state index contributed by atoms with van der Waals surface area (Å²) in [7, 11) is 0. The Morgan fingerprint density at radius 2 is 2.38 bits per heavy atom. The van der Waals surface area contributed by atoms with Gasteiger partial charge >= 0.3 is 0 Å². The molecule has 0 aliphatic carbocycles. The zero-order valence-corrected chi connectivity index (χ0v) is 7.37. The lowest BCUT2D eigenvalue weighted by molar-refractivity contribution is 0.176. The largest absolute Gasteiger partial charge is 0.488 e. The van der Waals surface area contributed by atoms with Gasteiger partial charge in [0.25, 0.3) is 0 Å². The quantitative estimate of drug-likeness (QED) is 0.667. The van der Waals surface area contributed by atoms with Crippen molar-refractivity contribution in [3.8, 4) is 5.75 Å². The highest BCUT2D eigenvalue weighted by atomic mass is 19.1. The predicted molar refractivity (Wildman–Crippen MR) is 46.2 cm³/mol. The van der Waals surface area contributed by atoms with Gasteiger partial charge in [0.05, 0.1) is 6.61 Å². The summed E-state index contributed by atoms with van der Waals surface area (Å²) in [5.41, 5.74) is 0. The standard InChI is InChI=1S/C10H11FO2/c1-7(10-6-12-10)13-9-4-2-3-8(11)5-9/h2-5,7,10H,6H2,1H3/t7-,10+/m0/s1. The smallest absolute Gasteiger partial charge is 0.126 e. The van der Waals surface area contributed by atoms with Crippen LogP contribution in [0, 0.1) is 5.82 Å². The zero-order valence-electron chi connectivity index (χ0n) is 7.37. The van der Waals surface area contributed by atoms with Crippen LogP contribution in [0.1, 0.15) is 6.92 Å². The average Bonchev–Trinajstić information content (AvgIpc) is 2.85. The number of hydrogen-bond donors (Lipinski definition) is 0. The molecule has 0 N–H and O–H groups in total. The molecule has 0 saturated carbocycles. The lowest BCUT2D eigenvalue weighted by Gasteiger charge is -2.11. The molecule has 1 aliphatic heterocycles. The van der Waals surface area contributed by atoms with Gasteiger partial charge in [-0.2, -0.15) is 0 Å². The summed E-state index contributed by atoms with van der Waals surface area (Å²) in [6, 6.07) is 6.14. The molecule has 0 unspecified atom stereocenters. The Kier molecular flexibility index (Phi) is 2.19. The zero-order chi connectivity index (χ0) is 9.26. The molecule has 2 rings (SSSR count). The molecular formula is C10H11FO2. The van der Waals surface area contributed by atoms with E-state index < -0.39 is 0 Å². The van der Waals surface area contributed by atoms with Crippen molar-refractivity contribution in [2.45, 2.75) is 19.1 Å². The maximum atomic E-state index is 12.7. The average molecular weight is 182 g/mol. The van der Waals surface area contributed by atoms with E-state index in [0.717, 1.165) is 6.61 Å². The van der Waals surface area contributed by atoms with Crippen molar-refractivity contribution in [3.63, 3.8) is 0 Å². The van der Waals surface area contributed by atoms with Crippen molar-refractivity contribution in [3.05, 3.63) is 30.1 Å². The fourth-order valence-electron chi connectivity index (χ4n) is 1.16. The van der Waals surface area contributed by atoms with Gasteiger partial charge in [-0.1, -0.05) is 6.07 Å². The first-order valence-electron chi connectivity index (χ1n) is 4.29. The van der Waals surface area contributed by atoms with E-state index in [2.05, 4.69) is 0 Å². The van der Waals surface area contributed by atoms with Crippen LogP contribution in [0.5, 0.6) is 5.75 Å². The normalized spacial score (nSPS) is 22.5. The molecule has 0 radical (unpaired) electrons. The molecule has 3 heteroatoms. The summed E-state index contributed by atoms with van der Waals surface area (Å²) >= 11 is 0. The third-order valence-corrected chi connectivity index (χ3v) is 2.00. The van der Waals surface area contributed by atoms with Crippen LogP contribution in [0.15, 0.2) is 24.3 Å². The van der Waals surface area contributed by atoms with Crippen molar-refractivity contribution >= 4 is 0 Å². The minimum atomic E-state index is -0.276. The molecule has 13 heavy (non-hydrogen) atoms. The summed E-state index contributed by atoms with van der Waals surface area (Å²) in [6.45, 7) is 2.67. The van der Waals surface area contributed by atoms with Gasteiger partial charge in [-0.05, 0) is 19.1 Å². The Bertz CT molecular complexity index is 297. The Balaban J connectivity index is 2.00. The van der Waals surface area contributed by atoms with Crippen molar-refractivity contribution in [2.24, 2.45) is 0 Å². The lowest BCUT2D eigenvalue weighted by atomic mass is 10.3. The van der Waals surface area contributed by atoms with Gasteiger partial charge < -0.3 is 9.47 Å². The van der Waals surface area contributed by atoms with E-state index in [-0.39, 0.29) is 18.0 Å². The fraction of sp³-hybridized carbons (Fsp3) is 0.400. The molecule has 1 aromatic rings. The maximum absolute atomic E-state index is 12.7. The summed E-state index contributed by atoms with van der Waals surface area (Å²) in [4.78, 5) is 0. The second-order valence-electron chi connectivity index (χ2n) is 3.15. The lowest BCUT2D eigenvalue weighted by Crippen LogP contribution is -2.18. The number of halogens is 1. The highest BCUT2D eigenvalue weighted by Crippen LogP contribution is 2.20. The molecule has 1 saturated heterocycles. The third kappa shape index (κ3) is 2.18. The molecule has 1 aliphatic rings. The van der Waals surface area contributed by atoms with Crippen LogP contribution in [0.25, 0.3) is 0 Å². The van der Waals surface area contributed by atoms with Crippen molar-refractivity contribution < 1.29 is 13.9 Å². The minimum absolute atomic E-state index is 0.00167. The van der Waals surface area contributed by atoms with Crippen molar-refractivity contribution in [2.75, 3.05) is 6.61 Å². The van der Waals surface area contributed by atoms with E-state index >= 15 is 0 Å². The van der Waals surface area contributed by atoms with Gasteiger partial charge in [-0.25, -0.2) is 4.39 Å². The SMILES string of the molecule is C[C@H](Oc1cccc(F)c1)[C@H]1CO1. The Morgan fingerprint density at radius 1 is 1.62 bits per heavy atom. The number of benzene rings is 1. The Morgan fingerprint density at radius 3 is 3.00 bits per heavy atom. The van der Waals surface area contributed by atoms with Crippen LogP contribution in [0.4, 0.5) is 4.39 Å². The number of epoxide rings is 1. The van der Waals surface area contributed by atoms with Crippen LogP contribution in [0.3, 0.4) is 0 Å². The third-order valence-electron chi connectivity index (χ3n) is 2.00. The Hall–Kier alpha value is -1.09. The molecule has 0 spiro atoms. The van der Waals surface area contributed by atoms with Crippen LogP contribution in [0.2, 0.25) is 0 Å². The molecule has 0 bridgehead atoms. The van der Waals surface area contributed by atoms with Crippen LogP contribution < -0.4 is 4.74 Å². The van der Waals surface area contributed by atoms with Gasteiger partial charge in [-0.3, -0.25) is 0 Å². The van der Waals surface area contributed by atoms with Gasteiger partial charge in [-0.15, -0.1) is 0 Å². The highest BCUT2D eigenvalue weighted by Gasteiger charge is 2.30. The first-order valence-corrected chi connectivity index (χ1v) is 4.29. The second kappa shape index (κ2) is 3.34.